The number of guanidine groups is 1. The van der Waals surface area contributed by atoms with E-state index in [0.29, 0.717) is 25.1 Å². The molecular formula is C23H34N6O2. The van der Waals surface area contributed by atoms with Crippen molar-refractivity contribution in [3.05, 3.63) is 41.9 Å². The lowest BCUT2D eigenvalue weighted by molar-refractivity contribution is -0.00805. The number of hydrogen-bond acceptors (Lipinski definition) is 5. The summed E-state index contributed by atoms with van der Waals surface area (Å²) < 4.78 is 13.9. The van der Waals surface area contributed by atoms with Crippen LogP contribution in [0.3, 0.4) is 0 Å². The third kappa shape index (κ3) is 5.97. The van der Waals surface area contributed by atoms with Gasteiger partial charge >= 0.3 is 0 Å². The number of morpholine rings is 1. The SMILES string of the molecule is CCNC(=NCc1ccnc(OC2CCCCC2)c1)N1CCOC(c2cnn(C)c2)C1. The zero-order valence-electron chi connectivity index (χ0n) is 18.7. The number of aliphatic imine (C=N–C) groups is 1. The van der Waals surface area contributed by atoms with Gasteiger partial charge in [0.2, 0.25) is 5.88 Å². The number of ether oxygens (including phenoxy) is 2. The minimum absolute atomic E-state index is 0.00253. The van der Waals surface area contributed by atoms with E-state index in [9.17, 15) is 0 Å². The second-order valence-corrected chi connectivity index (χ2v) is 8.30. The van der Waals surface area contributed by atoms with Crippen LogP contribution in [0.2, 0.25) is 0 Å². The van der Waals surface area contributed by atoms with E-state index in [0.717, 1.165) is 49.6 Å². The molecule has 2 fully saturated rings. The highest BCUT2D eigenvalue weighted by Gasteiger charge is 2.25. The van der Waals surface area contributed by atoms with Crippen LogP contribution in [-0.4, -0.2) is 58.0 Å². The Labute approximate surface area is 184 Å². The van der Waals surface area contributed by atoms with Crippen molar-refractivity contribution in [2.45, 2.75) is 57.8 Å². The molecule has 3 heterocycles. The summed E-state index contributed by atoms with van der Waals surface area (Å²) in [5.41, 5.74) is 2.20. The average Bonchev–Trinajstić information content (AvgIpc) is 3.24. The van der Waals surface area contributed by atoms with Gasteiger partial charge in [0, 0.05) is 44.2 Å². The summed E-state index contributed by atoms with van der Waals surface area (Å²) >= 11 is 0. The van der Waals surface area contributed by atoms with Crippen LogP contribution in [0.4, 0.5) is 0 Å². The molecule has 1 aliphatic carbocycles. The van der Waals surface area contributed by atoms with Crippen molar-refractivity contribution in [1.82, 2.24) is 25.0 Å². The van der Waals surface area contributed by atoms with E-state index >= 15 is 0 Å². The first-order valence-corrected chi connectivity index (χ1v) is 11.5. The molecular weight excluding hydrogens is 392 g/mol. The summed E-state index contributed by atoms with van der Waals surface area (Å²) in [6.07, 6.45) is 12.1. The van der Waals surface area contributed by atoms with Crippen LogP contribution in [-0.2, 0) is 18.3 Å². The summed E-state index contributed by atoms with van der Waals surface area (Å²) in [6.45, 7) is 5.73. The van der Waals surface area contributed by atoms with Gasteiger partial charge in [-0.05, 0) is 44.2 Å². The molecule has 1 N–H and O–H groups in total. The summed E-state index contributed by atoms with van der Waals surface area (Å²) in [5.74, 6) is 1.62. The topological polar surface area (TPSA) is 76.8 Å². The van der Waals surface area contributed by atoms with Gasteiger partial charge in [-0.3, -0.25) is 4.68 Å². The third-order valence-electron chi connectivity index (χ3n) is 5.85. The van der Waals surface area contributed by atoms with Crippen molar-refractivity contribution < 1.29 is 9.47 Å². The fraction of sp³-hybridized carbons (Fsp3) is 0.609. The molecule has 1 unspecified atom stereocenters. The maximum Gasteiger partial charge on any atom is 0.213 e. The number of pyridine rings is 1. The molecule has 1 saturated heterocycles. The van der Waals surface area contributed by atoms with Crippen LogP contribution >= 0.6 is 0 Å². The number of aryl methyl sites for hydroxylation is 1. The van der Waals surface area contributed by atoms with Gasteiger partial charge in [0.05, 0.1) is 25.9 Å². The smallest absolute Gasteiger partial charge is 0.213 e. The summed E-state index contributed by atoms with van der Waals surface area (Å²) in [6, 6.07) is 4.04. The molecule has 0 bridgehead atoms. The zero-order chi connectivity index (χ0) is 21.5. The molecule has 8 nitrogen and oxygen atoms in total. The minimum atomic E-state index is 0.00253. The van der Waals surface area contributed by atoms with Crippen molar-refractivity contribution in [1.29, 1.82) is 0 Å². The number of rotatable bonds is 6. The van der Waals surface area contributed by atoms with E-state index in [1.807, 2.05) is 42.5 Å². The predicted octanol–water partition coefficient (Wildman–Crippen LogP) is 3.07. The second kappa shape index (κ2) is 10.6. The Kier molecular flexibility index (Phi) is 7.40. The first kappa shape index (κ1) is 21.6. The van der Waals surface area contributed by atoms with Gasteiger partial charge in [0.1, 0.15) is 12.2 Å². The lowest BCUT2D eigenvalue weighted by Gasteiger charge is -2.34. The van der Waals surface area contributed by atoms with E-state index in [1.54, 1.807) is 0 Å². The Hall–Kier alpha value is -2.61. The Morgan fingerprint density at radius 2 is 2.19 bits per heavy atom. The van der Waals surface area contributed by atoms with Crippen LogP contribution in [0, 0.1) is 0 Å². The monoisotopic (exact) mass is 426 g/mol. The second-order valence-electron chi connectivity index (χ2n) is 8.30. The molecule has 4 rings (SSSR count). The number of nitrogens with zero attached hydrogens (tertiary/aromatic N) is 5. The molecule has 2 aromatic rings. The van der Waals surface area contributed by atoms with E-state index in [4.69, 9.17) is 14.5 Å². The lowest BCUT2D eigenvalue weighted by Crippen LogP contribution is -2.48. The van der Waals surface area contributed by atoms with Gasteiger partial charge in [-0.15, -0.1) is 0 Å². The van der Waals surface area contributed by atoms with Crippen molar-refractivity contribution in [2.75, 3.05) is 26.2 Å². The zero-order valence-corrected chi connectivity index (χ0v) is 18.7. The Morgan fingerprint density at radius 1 is 1.32 bits per heavy atom. The van der Waals surface area contributed by atoms with Gasteiger partial charge in [-0.1, -0.05) is 6.42 Å². The average molecular weight is 427 g/mol. The van der Waals surface area contributed by atoms with E-state index < -0.39 is 0 Å². The van der Waals surface area contributed by atoms with Crippen LogP contribution in [0.15, 0.2) is 35.7 Å². The van der Waals surface area contributed by atoms with Gasteiger partial charge in [-0.2, -0.15) is 5.10 Å². The van der Waals surface area contributed by atoms with Gasteiger partial charge in [-0.25, -0.2) is 9.98 Å². The van der Waals surface area contributed by atoms with Crippen molar-refractivity contribution >= 4 is 5.96 Å². The van der Waals surface area contributed by atoms with Crippen LogP contribution in [0.5, 0.6) is 5.88 Å². The summed E-state index contributed by atoms with van der Waals surface area (Å²) in [4.78, 5) is 11.6. The van der Waals surface area contributed by atoms with Crippen LogP contribution in [0.1, 0.15) is 56.3 Å². The molecule has 2 aromatic heterocycles. The number of aromatic nitrogens is 3. The predicted molar refractivity (Wildman–Crippen MR) is 120 cm³/mol. The van der Waals surface area contributed by atoms with E-state index in [1.165, 1.54) is 19.3 Å². The Balaban J connectivity index is 1.41. The van der Waals surface area contributed by atoms with Crippen molar-refractivity contribution in [3.8, 4) is 5.88 Å². The molecule has 0 radical (unpaired) electrons. The Morgan fingerprint density at radius 3 is 2.97 bits per heavy atom. The molecule has 1 atom stereocenters. The van der Waals surface area contributed by atoms with Gasteiger partial charge < -0.3 is 19.7 Å². The molecule has 8 heteroatoms. The fourth-order valence-corrected chi connectivity index (χ4v) is 4.21. The maximum atomic E-state index is 6.12. The summed E-state index contributed by atoms with van der Waals surface area (Å²) in [7, 11) is 1.93. The highest BCUT2D eigenvalue weighted by Crippen LogP contribution is 2.23. The molecule has 31 heavy (non-hydrogen) atoms. The molecule has 168 valence electrons. The number of nitrogens with one attached hydrogen (secondary N) is 1. The molecule has 1 saturated carbocycles. The van der Waals surface area contributed by atoms with E-state index in [2.05, 4.69) is 27.2 Å². The molecule has 0 aromatic carbocycles. The normalized spacial score (nSPS) is 20.6. The summed E-state index contributed by atoms with van der Waals surface area (Å²) in [5, 5.41) is 7.71. The quantitative estimate of drug-likeness (QED) is 0.565. The fourth-order valence-electron chi connectivity index (χ4n) is 4.21. The maximum absolute atomic E-state index is 6.12. The van der Waals surface area contributed by atoms with Crippen molar-refractivity contribution in [3.63, 3.8) is 0 Å². The molecule has 0 amide bonds. The lowest BCUT2D eigenvalue weighted by atomic mass is 9.98. The largest absolute Gasteiger partial charge is 0.474 e. The standard InChI is InChI=1S/C23H34N6O2/c1-3-24-23(29-11-12-30-21(17-29)19-15-27-28(2)16-19)26-14-18-9-10-25-22(13-18)31-20-7-5-4-6-8-20/h9-10,13,15-16,20-21H,3-8,11-12,14,17H2,1-2H3,(H,24,26). The minimum Gasteiger partial charge on any atom is -0.474 e. The first-order valence-electron chi connectivity index (χ1n) is 11.5. The van der Waals surface area contributed by atoms with Crippen molar-refractivity contribution in [2.24, 2.45) is 12.0 Å². The van der Waals surface area contributed by atoms with Gasteiger partial charge in [0.25, 0.3) is 0 Å². The highest BCUT2D eigenvalue weighted by atomic mass is 16.5. The van der Waals surface area contributed by atoms with Crippen LogP contribution < -0.4 is 10.1 Å². The Bertz CT molecular complexity index is 861. The first-order chi connectivity index (χ1) is 15.2. The van der Waals surface area contributed by atoms with E-state index in [-0.39, 0.29) is 6.10 Å². The van der Waals surface area contributed by atoms with Gasteiger partial charge in [0.15, 0.2) is 5.96 Å². The molecule has 2 aliphatic rings. The highest BCUT2D eigenvalue weighted by molar-refractivity contribution is 5.80. The number of hydrogen-bond donors (Lipinski definition) is 1. The van der Waals surface area contributed by atoms with Crippen LogP contribution in [0.25, 0.3) is 0 Å². The molecule has 1 aliphatic heterocycles. The third-order valence-corrected chi connectivity index (χ3v) is 5.85. The molecule has 0 spiro atoms.